The maximum Gasteiger partial charge on any atom is 0.335 e. The van der Waals surface area contributed by atoms with Crippen molar-refractivity contribution in [2.45, 2.75) is 24.5 Å². The van der Waals surface area contributed by atoms with Gasteiger partial charge in [0.25, 0.3) is 0 Å². The van der Waals surface area contributed by atoms with Crippen molar-refractivity contribution in [1.82, 2.24) is 0 Å². The predicted molar refractivity (Wildman–Crippen MR) is 69.4 cm³/mol. The molecule has 1 fully saturated rings. The average Bonchev–Trinajstić information content (AvgIpc) is 2.48. The lowest BCUT2D eigenvalue weighted by atomic mass is 10.0. The number of hydrogen-bond acceptors (Lipinski definition) is 7. The third-order valence-electron chi connectivity index (χ3n) is 3.18. The molecule has 1 aliphatic heterocycles. The summed E-state index contributed by atoms with van der Waals surface area (Å²) in [6.07, 6.45) is -5.58. The first-order valence-electron chi connectivity index (χ1n) is 6.07. The van der Waals surface area contributed by atoms with Crippen LogP contribution in [0.5, 0.6) is 0 Å². The van der Waals surface area contributed by atoms with Crippen molar-refractivity contribution in [3.63, 3.8) is 0 Å². The van der Waals surface area contributed by atoms with Crippen molar-refractivity contribution >= 4 is 11.7 Å². The van der Waals surface area contributed by atoms with Crippen molar-refractivity contribution in [3.8, 4) is 0 Å². The normalized spacial score (nSPS) is 28.9. The van der Waals surface area contributed by atoms with Gasteiger partial charge in [0.15, 0.2) is 6.23 Å². The first-order chi connectivity index (χ1) is 9.95. The molecule has 1 heterocycles. The first-order valence-corrected chi connectivity index (χ1v) is 6.07. The Morgan fingerprint density at radius 1 is 1.19 bits per heavy atom. The van der Waals surface area contributed by atoms with Gasteiger partial charge in [0, 0.05) is 0 Å². The van der Waals surface area contributed by atoms with Crippen LogP contribution in [-0.4, -0.2) is 57.5 Å². The van der Waals surface area contributed by atoms with E-state index in [9.17, 15) is 25.0 Å². The molecule has 4 N–H and O–H groups in total. The zero-order valence-corrected chi connectivity index (χ0v) is 10.7. The number of nitroso groups, excluding NO2 is 1. The van der Waals surface area contributed by atoms with Crippen LogP contribution >= 0.6 is 0 Å². The van der Waals surface area contributed by atoms with Gasteiger partial charge in [-0.15, -0.1) is 4.91 Å². The largest absolute Gasteiger partial charge is 0.478 e. The maximum absolute atomic E-state index is 11.0. The zero-order chi connectivity index (χ0) is 15.6. The number of carboxylic acids is 1. The highest BCUT2D eigenvalue weighted by Gasteiger charge is 2.41. The summed E-state index contributed by atoms with van der Waals surface area (Å²) < 4.78 is 5.11. The standard InChI is InChI=1S/C12H14N2O7/c15-8-5-21-11(10(17)9(8)16)14(13-20)7-3-1-6(2-4-7)12(18)19/h1-4,8-11,15-17H,5H2,(H,18,19)/t8-,9-,10+,11?/m1/s1. The van der Waals surface area contributed by atoms with Gasteiger partial charge in [-0.05, 0) is 24.3 Å². The highest BCUT2D eigenvalue weighted by Crippen LogP contribution is 2.25. The van der Waals surface area contributed by atoms with Gasteiger partial charge in [-0.3, -0.25) is 0 Å². The Bertz CT molecular complexity index is 521. The number of hydrogen-bond donors (Lipinski definition) is 4. The Balaban J connectivity index is 2.23. The molecule has 4 atom stereocenters. The number of anilines is 1. The first kappa shape index (κ1) is 15.3. The van der Waals surface area contributed by atoms with E-state index in [-0.39, 0.29) is 17.9 Å². The van der Waals surface area contributed by atoms with Crippen molar-refractivity contribution in [1.29, 1.82) is 0 Å². The van der Waals surface area contributed by atoms with E-state index >= 15 is 0 Å². The molecule has 1 aliphatic rings. The fourth-order valence-electron chi connectivity index (χ4n) is 2.00. The second-order valence-electron chi connectivity index (χ2n) is 4.55. The minimum atomic E-state index is -1.55. The molecule has 21 heavy (non-hydrogen) atoms. The Morgan fingerprint density at radius 2 is 1.81 bits per heavy atom. The summed E-state index contributed by atoms with van der Waals surface area (Å²) in [6.45, 7) is -0.276. The van der Waals surface area contributed by atoms with Crippen LogP contribution in [0.4, 0.5) is 5.69 Å². The van der Waals surface area contributed by atoms with Crippen LogP contribution in [0.25, 0.3) is 0 Å². The number of nitrogens with zero attached hydrogens (tertiary/aromatic N) is 2. The lowest BCUT2D eigenvalue weighted by molar-refractivity contribution is -0.186. The predicted octanol–water partition coefficient (Wildman–Crippen LogP) is -0.688. The number of aliphatic hydroxyl groups excluding tert-OH is 3. The summed E-state index contributed by atoms with van der Waals surface area (Å²) in [5.41, 5.74) is 0.202. The van der Waals surface area contributed by atoms with Crippen molar-refractivity contribution < 1.29 is 30.0 Å². The topological polar surface area (TPSA) is 140 Å². The molecule has 0 radical (unpaired) electrons. The van der Waals surface area contributed by atoms with Gasteiger partial charge in [-0.2, -0.15) is 5.01 Å². The number of ether oxygens (including phenoxy) is 1. The highest BCUT2D eigenvalue weighted by atomic mass is 16.5. The van der Waals surface area contributed by atoms with Gasteiger partial charge < -0.3 is 25.2 Å². The molecule has 1 aromatic rings. The molecule has 1 unspecified atom stereocenters. The van der Waals surface area contributed by atoms with E-state index in [0.717, 1.165) is 5.01 Å². The summed E-state index contributed by atoms with van der Waals surface area (Å²) in [5, 5.41) is 41.1. The van der Waals surface area contributed by atoms with E-state index in [4.69, 9.17) is 9.84 Å². The van der Waals surface area contributed by atoms with Gasteiger partial charge in [0.05, 0.1) is 23.1 Å². The third kappa shape index (κ3) is 3.00. The molecular weight excluding hydrogens is 284 g/mol. The third-order valence-corrected chi connectivity index (χ3v) is 3.18. The Kier molecular flexibility index (Phi) is 4.48. The molecule has 1 saturated heterocycles. The lowest BCUT2D eigenvalue weighted by Crippen LogP contribution is -2.58. The maximum atomic E-state index is 11.0. The fraction of sp³-hybridized carbons (Fsp3) is 0.417. The number of rotatable bonds is 4. The zero-order valence-electron chi connectivity index (χ0n) is 10.7. The van der Waals surface area contributed by atoms with Crippen LogP contribution in [0.15, 0.2) is 29.6 Å². The van der Waals surface area contributed by atoms with Crippen LogP contribution in [0.2, 0.25) is 0 Å². The van der Waals surface area contributed by atoms with Crippen molar-refractivity contribution in [3.05, 3.63) is 34.7 Å². The van der Waals surface area contributed by atoms with Gasteiger partial charge in [0.2, 0.25) is 0 Å². The lowest BCUT2D eigenvalue weighted by Gasteiger charge is -2.38. The summed E-state index contributed by atoms with van der Waals surface area (Å²) in [5.74, 6) is -1.13. The summed E-state index contributed by atoms with van der Waals surface area (Å²) >= 11 is 0. The van der Waals surface area contributed by atoms with Crippen LogP contribution in [0.3, 0.4) is 0 Å². The molecule has 1 aromatic carbocycles. The SMILES string of the molecule is O=NN(c1ccc(C(=O)O)cc1)C1OC[C@@H](O)[C@@H](O)[C@@H]1O. The fourth-order valence-corrected chi connectivity index (χ4v) is 2.00. The van der Waals surface area contributed by atoms with Crippen LogP contribution in [-0.2, 0) is 4.74 Å². The number of carbonyl (C=O) groups is 1. The minimum Gasteiger partial charge on any atom is -0.478 e. The Morgan fingerprint density at radius 3 is 2.33 bits per heavy atom. The molecule has 9 heteroatoms. The summed E-state index contributed by atoms with van der Waals surface area (Å²) in [4.78, 5) is 21.7. The van der Waals surface area contributed by atoms with E-state index in [1.54, 1.807) is 0 Å². The second-order valence-corrected chi connectivity index (χ2v) is 4.55. The molecule has 0 saturated carbocycles. The van der Waals surface area contributed by atoms with E-state index in [2.05, 4.69) is 5.29 Å². The summed E-state index contributed by atoms with van der Waals surface area (Å²) in [7, 11) is 0. The average molecular weight is 298 g/mol. The van der Waals surface area contributed by atoms with E-state index in [1.165, 1.54) is 24.3 Å². The van der Waals surface area contributed by atoms with Crippen LogP contribution in [0, 0.1) is 4.91 Å². The van der Waals surface area contributed by atoms with E-state index in [1.807, 2.05) is 0 Å². The molecule has 9 nitrogen and oxygen atoms in total. The Hall–Kier alpha value is -2.07. The summed E-state index contributed by atoms with van der Waals surface area (Å²) in [6, 6.07) is 5.16. The minimum absolute atomic E-state index is 0.0187. The van der Waals surface area contributed by atoms with E-state index in [0.29, 0.717) is 0 Å². The van der Waals surface area contributed by atoms with Gasteiger partial charge in [-0.25, -0.2) is 4.79 Å². The smallest absolute Gasteiger partial charge is 0.335 e. The van der Waals surface area contributed by atoms with E-state index < -0.39 is 30.5 Å². The van der Waals surface area contributed by atoms with Crippen LogP contribution in [0.1, 0.15) is 10.4 Å². The van der Waals surface area contributed by atoms with Gasteiger partial charge in [-0.1, -0.05) is 0 Å². The van der Waals surface area contributed by atoms with Gasteiger partial charge >= 0.3 is 5.97 Å². The molecule has 114 valence electrons. The molecule has 0 aromatic heterocycles. The quantitative estimate of drug-likeness (QED) is 0.423. The number of benzene rings is 1. The highest BCUT2D eigenvalue weighted by molar-refractivity contribution is 5.88. The molecule has 0 bridgehead atoms. The monoisotopic (exact) mass is 298 g/mol. The molecule has 2 rings (SSSR count). The van der Waals surface area contributed by atoms with Crippen molar-refractivity contribution in [2.75, 3.05) is 11.6 Å². The number of aliphatic hydroxyl groups is 3. The number of aromatic carboxylic acids is 1. The second kappa shape index (κ2) is 6.14. The molecular formula is C12H14N2O7. The molecule has 0 amide bonds. The molecule has 0 aliphatic carbocycles. The van der Waals surface area contributed by atoms with Crippen molar-refractivity contribution in [2.24, 2.45) is 5.29 Å². The van der Waals surface area contributed by atoms with Crippen LogP contribution < -0.4 is 5.01 Å². The number of carboxylic acid groups (broad SMARTS) is 1. The van der Waals surface area contributed by atoms with Gasteiger partial charge in [0.1, 0.15) is 18.3 Å². The molecule has 0 spiro atoms. The Labute approximate surface area is 118 Å².